The molecular weight excluding hydrogens is 250 g/mol. The Balaban J connectivity index is 1.86. The molecule has 20 heavy (non-hydrogen) atoms. The summed E-state index contributed by atoms with van der Waals surface area (Å²) in [6.45, 7) is 6.59. The van der Waals surface area contributed by atoms with E-state index in [0.717, 1.165) is 13.1 Å². The third kappa shape index (κ3) is 3.81. The fourth-order valence-corrected chi connectivity index (χ4v) is 2.93. The highest BCUT2D eigenvalue weighted by Crippen LogP contribution is 2.26. The Morgan fingerprint density at radius 1 is 1.35 bits per heavy atom. The van der Waals surface area contributed by atoms with Crippen molar-refractivity contribution in [2.75, 3.05) is 40.8 Å². The topological polar surface area (TPSA) is 36.3 Å². The quantitative estimate of drug-likeness (QED) is 0.839. The third-order valence-corrected chi connectivity index (χ3v) is 4.67. The first-order valence-corrected chi connectivity index (χ1v) is 7.59. The number of hydrogen-bond donors (Lipinski definition) is 1. The van der Waals surface area contributed by atoms with Gasteiger partial charge in [-0.3, -0.25) is 4.68 Å². The van der Waals surface area contributed by atoms with E-state index in [-0.39, 0.29) is 0 Å². The molecule has 0 amide bonds. The van der Waals surface area contributed by atoms with Gasteiger partial charge in [-0.05, 0) is 60.1 Å². The second-order valence-electron chi connectivity index (χ2n) is 6.43. The van der Waals surface area contributed by atoms with Crippen molar-refractivity contribution in [3.63, 3.8) is 0 Å². The lowest BCUT2D eigenvalue weighted by molar-refractivity contribution is 0.0633. The minimum absolute atomic E-state index is 0.297. The Bertz CT molecular complexity index is 379. The Labute approximate surface area is 122 Å². The SMILES string of the molecule is C[C@@H](Cn1cccn1)NCC1(N(C)C)CCN(C)CC1. The van der Waals surface area contributed by atoms with Crippen LogP contribution in [0, 0.1) is 0 Å². The van der Waals surface area contributed by atoms with Crippen LogP contribution < -0.4 is 5.32 Å². The summed E-state index contributed by atoms with van der Waals surface area (Å²) in [4.78, 5) is 4.84. The minimum Gasteiger partial charge on any atom is -0.311 e. The van der Waals surface area contributed by atoms with Gasteiger partial charge in [0.1, 0.15) is 0 Å². The summed E-state index contributed by atoms with van der Waals surface area (Å²) in [5, 5.41) is 7.98. The predicted octanol–water partition coefficient (Wildman–Crippen LogP) is 0.887. The van der Waals surface area contributed by atoms with E-state index in [1.807, 2.05) is 23.1 Å². The number of aromatic nitrogens is 2. The molecule has 1 aliphatic rings. The first kappa shape index (κ1) is 15.5. The average Bonchev–Trinajstić information content (AvgIpc) is 2.91. The van der Waals surface area contributed by atoms with Crippen molar-refractivity contribution in [2.24, 2.45) is 0 Å². The van der Waals surface area contributed by atoms with E-state index in [1.54, 1.807) is 0 Å². The third-order valence-electron chi connectivity index (χ3n) is 4.67. The van der Waals surface area contributed by atoms with Crippen molar-refractivity contribution >= 4 is 0 Å². The van der Waals surface area contributed by atoms with Crippen LogP contribution in [-0.2, 0) is 6.54 Å². The summed E-state index contributed by atoms with van der Waals surface area (Å²) in [6, 6.07) is 2.41. The fraction of sp³-hybridized carbons (Fsp3) is 0.800. The zero-order chi connectivity index (χ0) is 14.6. The molecule has 1 N–H and O–H groups in total. The molecule has 1 aromatic heterocycles. The number of piperidine rings is 1. The molecule has 0 spiro atoms. The molecule has 1 aromatic rings. The van der Waals surface area contributed by atoms with E-state index in [9.17, 15) is 0 Å². The number of nitrogens with one attached hydrogen (secondary N) is 1. The van der Waals surface area contributed by atoms with Crippen LogP contribution in [0.2, 0.25) is 0 Å². The largest absolute Gasteiger partial charge is 0.311 e. The zero-order valence-corrected chi connectivity index (χ0v) is 13.3. The van der Waals surface area contributed by atoms with Crippen molar-refractivity contribution in [3.05, 3.63) is 18.5 Å². The lowest BCUT2D eigenvalue weighted by atomic mass is 9.86. The van der Waals surface area contributed by atoms with Crippen LogP contribution in [0.3, 0.4) is 0 Å². The molecule has 0 saturated carbocycles. The molecule has 2 heterocycles. The highest BCUT2D eigenvalue weighted by molar-refractivity contribution is 4.95. The fourth-order valence-electron chi connectivity index (χ4n) is 2.93. The molecule has 0 unspecified atom stereocenters. The van der Waals surface area contributed by atoms with Crippen LogP contribution in [-0.4, -0.2) is 71.9 Å². The molecule has 2 rings (SSSR count). The van der Waals surface area contributed by atoms with E-state index in [2.05, 4.69) is 48.3 Å². The Morgan fingerprint density at radius 3 is 2.60 bits per heavy atom. The number of nitrogens with zero attached hydrogens (tertiary/aromatic N) is 4. The summed E-state index contributed by atoms with van der Waals surface area (Å²) in [5.74, 6) is 0. The van der Waals surface area contributed by atoms with Gasteiger partial charge in [0, 0.05) is 30.5 Å². The zero-order valence-electron chi connectivity index (χ0n) is 13.3. The van der Waals surface area contributed by atoms with Crippen LogP contribution in [0.25, 0.3) is 0 Å². The van der Waals surface area contributed by atoms with Gasteiger partial charge in [0.05, 0.1) is 6.54 Å². The molecular formula is C15H29N5. The molecule has 114 valence electrons. The second kappa shape index (κ2) is 6.70. The molecule has 0 aliphatic carbocycles. The number of rotatable bonds is 6. The molecule has 0 radical (unpaired) electrons. The summed E-state index contributed by atoms with van der Waals surface area (Å²) in [5.41, 5.74) is 0.297. The van der Waals surface area contributed by atoms with Crippen LogP contribution in [0.5, 0.6) is 0 Å². The molecule has 5 nitrogen and oxygen atoms in total. The Hall–Kier alpha value is -0.910. The molecule has 1 saturated heterocycles. The Kier molecular flexibility index (Phi) is 5.18. The second-order valence-corrected chi connectivity index (χ2v) is 6.43. The smallest absolute Gasteiger partial charge is 0.0559 e. The van der Waals surface area contributed by atoms with Gasteiger partial charge >= 0.3 is 0 Å². The van der Waals surface area contributed by atoms with Crippen LogP contribution >= 0.6 is 0 Å². The monoisotopic (exact) mass is 279 g/mol. The van der Waals surface area contributed by atoms with Gasteiger partial charge < -0.3 is 15.1 Å². The van der Waals surface area contributed by atoms with E-state index in [4.69, 9.17) is 0 Å². The van der Waals surface area contributed by atoms with Gasteiger partial charge in [0.2, 0.25) is 0 Å². The average molecular weight is 279 g/mol. The standard InChI is InChI=1S/C15H29N5/c1-14(12-20-9-5-8-17-20)16-13-15(18(2)3)6-10-19(4)11-7-15/h5,8-9,14,16H,6-7,10-13H2,1-4H3/t14-/m0/s1. The van der Waals surface area contributed by atoms with E-state index in [0.29, 0.717) is 11.6 Å². The van der Waals surface area contributed by atoms with Crippen LogP contribution in [0.15, 0.2) is 18.5 Å². The predicted molar refractivity (Wildman–Crippen MR) is 82.8 cm³/mol. The lowest BCUT2D eigenvalue weighted by Crippen LogP contribution is -2.58. The maximum Gasteiger partial charge on any atom is 0.0559 e. The van der Waals surface area contributed by atoms with E-state index >= 15 is 0 Å². The highest BCUT2D eigenvalue weighted by atomic mass is 15.3. The molecule has 1 fully saturated rings. The normalized spacial score (nSPS) is 21.2. The highest BCUT2D eigenvalue weighted by Gasteiger charge is 2.35. The van der Waals surface area contributed by atoms with Crippen LogP contribution in [0.4, 0.5) is 0 Å². The Morgan fingerprint density at radius 2 is 2.05 bits per heavy atom. The van der Waals surface area contributed by atoms with Gasteiger partial charge in [0.25, 0.3) is 0 Å². The lowest BCUT2D eigenvalue weighted by Gasteiger charge is -2.46. The number of likely N-dealkylation sites (tertiary alicyclic amines) is 1. The van der Waals surface area contributed by atoms with Gasteiger partial charge in [-0.15, -0.1) is 0 Å². The van der Waals surface area contributed by atoms with E-state index in [1.165, 1.54) is 25.9 Å². The molecule has 1 atom stereocenters. The number of hydrogen-bond acceptors (Lipinski definition) is 4. The maximum atomic E-state index is 4.27. The van der Waals surface area contributed by atoms with Gasteiger partial charge in [-0.1, -0.05) is 0 Å². The van der Waals surface area contributed by atoms with Crippen LogP contribution in [0.1, 0.15) is 19.8 Å². The molecule has 0 aromatic carbocycles. The van der Waals surface area contributed by atoms with Crippen molar-refractivity contribution in [1.29, 1.82) is 0 Å². The first-order chi connectivity index (χ1) is 9.52. The van der Waals surface area contributed by atoms with Crippen molar-refractivity contribution < 1.29 is 0 Å². The van der Waals surface area contributed by atoms with Crippen molar-refractivity contribution in [1.82, 2.24) is 24.9 Å². The van der Waals surface area contributed by atoms with E-state index < -0.39 is 0 Å². The summed E-state index contributed by atoms with van der Waals surface area (Å²) in [7, 11) is 6.64. The molecule has 1 aliphatic heterocycles. The van der Waals surface area contributed by atoms with Gasteiger partial charge in [-0.25, -0.2) is 0 Å². The minimum atomic E-state index is 0.297. The number of likely N-dealkylation sites (N-methyl/N-ethyl adjacent to an activating group) is 1. The summed E-state index contributed by atoms with van der Waals surface area (Å²) in [6.07, 6.45) is 6.33. The van der Waals surface area contributed by atoms with Crippen molar-refractivity contribution in [2.45, 2.75) is 37.9 Å². The van der Waals surface area contributed by atoms with Gasteiger partial charge in [-0.2, -0.15) is 5.10 Å². The summed E-state index contributed by atoms with van der Waals surface area (Å²) >= 11 is 0. The molecule has 0 bridgehead atoms. The van der Waals surface area contributed by atoms with Crippen molar-refractivity contribution in [3.8, 4) is 0 Å². The summed E-state index contributed by atoms with van der Waals surface area (Å²) < 4.78 is 1.99. The molecule has 5 heteroatoms. The van der Waals surface area contributed by atoms with Gasteiger partial charge in [0.15, 0.2) is 0 Å². The first-order valence-electron chi connectivity index (χ1n) is 7.59. The maximum absolute atomic E-state index is 4.27.